The Balaban J connectivity index is 2.70. The molecule has 0 unspecified atom stereocenters. The lowest BCUT2D eigenvalue weighted by atomic mass is 10.0. The molecule has 0 saturated carbocycles. The van der Waals surface area contributed by atoms with Gasteiger partial charge in [0.25, 0.3) is 5.56 Å². The average Bonchev–Trinajstić information content (AvgIpc) is 2.29. The van der Waals surface area contributed by atoms with Crippen LogP contribution in [0.4, 0.5) is 5.69 Å². The first kappa shape index (κ1) is 12.6. The summed E-state index contributed by atoms with van der Waals surface area (Å²) in [7, 11) is 0. The van der Waals surface area contributed by atoms with Crippen LogP contribution in [-0.2, 0) is 0 Å². The van der Waals surface area contributed by atoms with E-state index in [0.29, 0.717) is 42.4 Å². The molecule has 1 aromatic heterocycles. The van der Waals surface area contributed by atoms with Crippen molar-refractivity contribution in [2.24, 2.45) is 0 Å². The van der Waals surface area contributed by atoms with Crippen molar-refractivity contribution < 1.29 is 0 Å². The van der Waals surface area contributed by atoms with Crippen LogP contribution in [0.5, 0.6) is 0 Å². The van der Waals surface area contributed by atoms with E-state index in [2.05, 4.69) is 4.98 Å². The molecule has 3 aromatic rings. The summed E-state index contributed by atoms with van der Waals surface area (Å²) >= 11 is 18.1. The molecule has 0 spiro atoms. The number of aromatic nitrogens is 1. The highest BCUT2D eigenvalue weighted by molar-refractivity contribution is 6.41. The summed E-state index contributed by atoms with van der Waals surface area (Å²) < 4.78 is 0. The third kappa shape index (κ3) is 1.94. The number of nitrogens with two attached hydrogens (primary N) is 1. The van der Waals surface area contributed by atoms with E-state index in [-0.39, 0.29) is 5.56 Å². The Hall–Kier alpha value is -1.42. The highest BCUT2D eigenvalue weighted by Crippen LogP contribution is 2.35. The van der Waals surface area contributed by atoms with Crippen molar-refractivity contribution in [1.29, 1.82) is 0 Å². The maximum atomic E-state index is 12.1. The van der Waals surface area contributed by atoms with E-state index in [4.69, 9.17) is 40.5 Å². The van der Waals surface area contributed by atoms with E-state index < -0.39 is 0 Å². The summed E-state index contributed by atoms with van der Waals surface area (Å²) in [6.45, 7) is 0. The van der Waals surface area contributed by atoms with Crippen LogP contribution in [0.25, 0.3) is 21.7 Å². The fraction of sp³-hybridized carbons (Fsp3) is 0. The Bertz CT molecular complexity index is 887. The van der Waals surface area contributed by atoms with Crippen molar-refractivity contribution in [3.8, 4) is 0 Å². The topological polar surface area (TPSA) is 58.9 Å². The fourth-order valence-electron chi connectivity index (χ4n) is 2.20. The zero-order valence-corrected chi connectivity index (χ0v) is 11.7. The summed E-state index contributed by atoms with van der Waals surface area (Å²) in [6.07, 6.45) is 0. The lowest BCUT2D eigenvalue weighted by molar-refractivity contribution is 1.34. The van der Waals surface area contributed by atoms with Crippen molar-refractivity contribution >= 4 is 62.2 Å². The molecule has 1 heterocycles. The van der Waals surface area contributed by atoms with Crippen LogP contribution in [-0.4, -0.2) is 4.98 Å². The molecule has 0 aliphatic rings. The molecule has 3 rings (SSSR count). The zero-order chi connectivity index (χ0) is 13.7. The standard InChI is InChI=1S/C13H7Cl3N2O/c14-5-1-7-11(9(17)3-5)12-8(16)2-6(15)4-10(12)18-13(7)19/h1-4H,17H2,(H,18,19). The van der Waals surface area contributed by atoms with E-state index in [1.807, 2.05) is 0 Å². The third-order valence-corrected chi connectivity index (χ3v) is 3.67. The largest absolute Gasteiger partial charge is 0.398 e. The summed E-state index contributed by atoms with van der Waals surface area (Å²) in [5.41, 5.74) is 6.64. The average molecular weight is 314 g/mol. The summed E-state index contributed by atoms with van der Waals surface area (Å²) in [5.74, 6) is 0. The van der Waals surface area contributed by atoms with E-state index in [1.165, 1.54) is 0 Å². The van der Waals surface area contributed by atoms with Crippen LogP contribution in [0.3, 0.4) is 0 Å². The van der Waals surface area contributed by atoms with Gasteiger partial charge in [0, 0.05) is 26.5 Å². The van der Waals surface area contributed by atoms with Gasteiger partial charge in [0.2, 0.25) is 0 Å². The second-order valence-electron chi connectivity index (χ2n) is 4.18. The van der Waals surface area contributed by atoms with E-state index in [1.54, 1.807) is 24.3 Å². The number of nitrogens with one attached hydrogen (secondary N) is 1. The molecule has 0 aliphatic heterocycles. The molecule has 0 aliphatic carbocycles. The van der Waals surface area contributed by atoms with E-state index in [9.17, 15) is 4.79 Å². The maximum Gasteiger partial charge on any atom is 0.256 e. The van der Waals surface area contributed by atoms with Gasteiger partial charge in [-0.1, -0.05) is 34.8 Å². The maximum absolute atomic E-state index is 12.1. The van der Waals surface area contributed by atoms with E-state index in [0.717, 1.165) is 0 Å². The minimum atomic E-state index is -0.282. The highest BCUT2D eigenvalue weighted by Gasteiger charge is 2.12. The van der Waals surface area contributed by atoms with Crippen molar-refractivity contribution in [3.63, 3.8) is 0 Å². The van der Waals surface area contributed by atoms with Crippen LogP contribution in [0.15, 0.2) is 29.1 Å². The Morgan fingerprint density at radius 2 is 1.63 bits per heavy atom. The monoisotopic (exact) mass is 312 g/mol. The lowest BCUT2D eigenvalue weighted by Crippen LogP contribution is -2.07. The van der Waals surface area contributed by atoms with Crippen LogP contribution in [0.2, 0.25) is 15.1 Å². The molecule has 96 valence electrons. The Kier molecular flexibility index (Phi) is 2.86. The number of benzene rings is 2. The second-order valence-corrected chi connectivity index (χ2v) is 5.46. The minimum absolute atomic E-state index is 0.282. The number of anilines is 1. The molecule has 0 amide bonds. The molecule has 19 heavy (non-hydrogen) atoms. The van der Waals surface area contributed by atoms with Gasteiger partial charge in [0.1, 0.15) is 0 Å². The van der Waals surface area contributed by atoms with Gasteiger partial charge >= 0.3 is 0 Å². The molecule has 0 bridgehead atoms. The Morgan fingerprint density at radius 1 is 0.947 bits per heavy atom. The first-order chi connectivity index (χ1) is 8.97. The molecule has 0 atom stereocenters. The molecule has 3 N–H and O–H groups in total. The van der Waals surface area contributed by atoms with Crippen LogP contribution < -0.4 is 11.3 Å². The number of halogens is 3. The number of pyridine rings is 1. The number of rotatable bonds is 0. The predicted molar refractivity (Wildman–Crippen MR) is 81.5 cm³/mol. The SMILES string of the molecule is Nc1cc(Cl)cc2c(=O)[nH]c3cc(Cl)cc(Cl)c3c12. The highest BCUT2D eigenvalue weighted by atomic mass is 35.5. The van der Waals surface area contributed by atoms with Crippen molar-refractivity contribution in [1.82, 2.24) is 4.98 Å². The molecular formula is C13H7Cl3N2O. The van der Waals surface area contributed by atoms with Gasteiger partial charge in [-0.3, -0.25) is 4.79 Å². The first-order valence-electron chi connectivity index (χ1n) is 5.37. The predicted octanol–water partition coefficient (Wildman–Crippen LogP) is 4.22. The number of H-pyrrole nitrogens is 1. The molecule has 6 heteroatoms. The number of fused-ring (bicyclic) bond motifs is 3. The van der Waals surface area contributed by atoms with Crippen molar-refractivity contribution in [3.05, 3.63) is 49.7 Å². The number of nitrogen functional groups attached to an aromatic ring is 1. The van der Waals surface area contributed by atoms with Gasteiger partial charge in [-0.15, -0.1) is 0 Å². The Labute approximate surface area is 122 Å². The van der Waals surface area contributed by atoms with Gasteiger partial charge in [-0.05, 0) is 24.3 Å². The first-order valence-corrected chi connectivity index (χ1v) is 6.50. The van der Waals surface area contributed by atoms with Gasteiger partial charge in [0.15, 0.2) is 0 Å². The quantitative estimate of drug-likeness (QED) is 0.482. The summed E-state index contributed by atoms with van der Waals surface area (Å²) in [5, 5.41) is 2.93. The van der Waals surface area contributed by atoms with E-state index >= 15 is 0 Å². The van der Waals surface area contributed by atoms with Crippen LogP contribution >= 0.6 is 34.8 Å². The van der Waals surface area contributed by atoms with Gasteiger partial charge in [0.05, 0.1) is 15.9 Å². The van der Waals surface area contributed by atoms with Gasteiger partial charge in [-0.2, -0.15) is 0 Å². The van der Waals surface area contributed by atoms with Gasteiger partial charge < -0.3 is 10.7 Å². The molecule has 2 aromatic carbocycles. The molecule has 0 saturated heterocycles. The summed E-state index contributed by atoms with van der Waals surface area (Å²) in [4.78, 5) is 14.8. The fourth-order valence-corrected chi connectivity index (χ4v) is 3.02. The van der Waals surface area contributed by atoms with Crippen LogP contribution in [0.1, 0.15) is 0 Å². The molecule has 0 radical (unpaired) electrons. The third-order valence-electron chi connectivity index (χ3n) is 2.93. The number of aromatic amines is 1. The molecule has 3 nitrogen and oxygen atoms in total. The Morgan fingerprint density at radius 3 is 2.37 bits per heavy atom. The normalized spacial score (nSPS) is 11.3. The lowest BCUT2D eigenvalue weighted by Gasteiger charge is -2.09. The van der Waals surface area contributed by atoms with Gasteiger partial charge in [-0.25, -0.2) is 0 Å². The molecular weight excluding hydrogens is 307 g/mol. The van der Waals surface area contributed by atoms with Crippen LogP contribution in [0, 0.1) is 0 Å². The second kappa shape index (κ2) is 4.30. The zero-order valence-electron chi connectivity index (χ0n) is 9.43. The molecule has 0 fully saturated rings. The smallest absolute Gasteiger partial charge is 0.256 e. The number of hydrogen-bond donors (Lipinski definition) is 2. The minimum Gasteiger partial charge on any atom is -0.398 e. The summed E-state index contributed by atoms with van der Waals surface area (Å²) in [6, 6.07) is 6.40. The van der Waals surface area contributed by atoms with Crippen molar-refractivity contribution in [2.75, 3.05) is 5.73 Å². The number of hydrogen-bond acceptors (Lipinski definition) is 2. The van der Waals surface area contributed by atoms with Crippen molar-refractivity contribution in [2.45, 2.75) is 0 Å².